The molecule has 0 atom stereocenters. The van der Waals surface area contributed by atoms with Crippen molar-refractivity contribution in [1.29, 1.82) is 0 Å². The molecule has 0 bridgehead atoms. The van der Waals surface area contributed by atoms with E-state index in [1.54, 1.807) is 0 Å². The number of amides is 1. The maximum absolute atomic E-state index is 12.5. The summed E-state index contributed by atoms with van der Waals surface area (Å²) >= 11 is 1.38. The number of aromatic nitrogens is 3. The van der Waals surface area contributed by atoms with Crippen LogP contribution in [0.4, 0.5) is 5.69 Å². The third kappa shape index (κ3) is 5.19. The van der Waals surface area contributed by atoms with E-state index in [-0.39, 0.29) is 11.7 Å². The van der Waals surface area contributed by atoms with E-state index in [2.05, 4.69) is 60.2 Å². The topological polar surface area (TPSA) is 59.8 Å². The lowest BCUT2D eigenvalue weighted by Gasteiger charge is -2.11. The van der Waals surface area contributed by atoms with Gasteiger partial charge in [0, 0.05) is 17.8 Å². The zero-order valence-corrected chi connectivity index (χ0v) is 18.8. The Bertz CT molecular complexity index is 1040. The molecular formula is C24H28N4OS. The summed E-state index contributed by atoms with van der Waals surface area (Å²) in [5.74, 6) is 1.45. The quantitative estimate of drug-likeness (QED) is 0.380. The number of nitrogens with zero attached hydrogens (tertiary/aromatic N) is 3. The van der Waals surface area contributed by atoms with Crippen LogP contribution in [0.5, 0.6) is 0 Å². The molecule has 1 amide bonds. The average molecular weight is 421 g/mol. The van der Waals surface area contributed by atoms with Crippen molar-refractivity contribution in [1.82, 2.24) is 14.8 Å². The fourth-order valence-corrected chi connectivity index (χ4v) is 3.85. The number of aryl methyl sites for hydroxylation is 2. The molecule has 1 heterocycles. The van der Waals surface area contributed by atoms with Gasteiger partial charge in [0.1, 0.15) is 0 Å². The SMILES string of the molecule is C=CCn1c(SCC(=O)Nc2cc(C)ccc2C)nnc1-c1ccc(C(C)C)cc1. The summed E-state index contributed by atoms with van der Waals surface area (Å²) in [6, 6.07) is 14.4. The lowest BCUT2D eigenvalue weighted by molar-refractivity contribution is -0.113. The van der Waals surface area contributed by atoms with E-state index in [1.807, 2.05) is 42.7 Å². The van der Waals surface area contributed by atoms with Gasteiger partial charge in [-0.25, -0.2) is 0 Å². The number of hydrogen-bond acceptors (Lipinski definition) is 4. The number of benzene rings is 2. The Kier molecular flexibility index (Phi) is 7.11. The van der Waals surface area contributed by atoms with Crippen LogP contribution >= 0.6 is 11.8 Å². The molecule has 0 fully saturated rings. The molecule has 0 saturated carbocycles. The summed E-state index contributed by atoms with van der Waals surface area (Å²) in [5.41, 5.74) is 5.29. The maximum atomic E-state index is 12.5. The van der Waals surface area contributed by atoms with Crippen LogP contribution in [0, 0.1) is 13.8 Å². The van der Waals surface area contributed by atoms with Crippen LogP contribution < -0.4 is 5.32 Å². The molecule has 5 nitrogen and oxygen atoms in total. The number of carbonyl (C=O) groups is 1. The Morgan fingerprint density at radius 3 is 2.57 bits per heavy atom. The van der Waals surface area contributed by atoms with Crippen LogP contribution in [-0.4, -0.2) is 26.4 Å². The van der Waals surface area contributed by atoms with Crippen molar-refractivity contribution in [3.05, 3.63) is 71.8 Å². The molecule has 0 spiro atoms. The van der Waals surface area contributed by atoms with E-state index < -0.39 is 0 Å². The van der Waals surface area contributed by atoms with Crippen LogP contribution in [-0.2, 0) is 11.3 Å². The van der Waals surface area contributed by atoms with E-state index in [9.17, 15) is 4.79 Å². The van der Waals surface area contributed by atoms with Gasteiger partial charge >= 0.3 is 0 Å². The standard InChI is InChI=1S/C24H28N4OS/c1-6-13-28-23(20-11-9-19(10-12-20)16(2)3)26-27-24(28)30-15-22(29)25-21-14-17(4)7-8-18(21)5/h6-12,14,16H,1,13,15H2,2-5H3,(H,25,29). The van der Waals surface area contributed by atoms with E-state index in [0.717, 1.165) is 28.2 Å². The third-order valence-corrected chi connectivity index (χ3v) is 5.83. The molecule has 3 rings (SSSR count). The lowest BCUT2D eigenvalue weighted by atomic mass is 10.0. The number of allylic oxidation sites excluding steroid dienone is 1. The number of hydrogen-bond donors (Lipinski definition) is 1. The highest BCUT2D eigenvalue weighted by molar-refractivity contribution is 7.99. The summed E-state index contributed by atoms with van der Waals surface area (Å²) < 4.78 is 1.99. The second-order valence-electron chi connectivity index (χ2n) is 7.64. The minimum absolute atomic E-state index is 0.0651. The average Bonchev–Trinajstić information content (AvgIpc) is 3.12. The molecule has 6 heteroatoms. The minimum Gasteiger partial charge on any atom is -0.325 e. The van der Waals surface area contributed by atoms with E-state index in [0.29, 0.717) is 17.6 Å². The first-order chi connectivity index (χ1) is 14.4. The number of anilines is 1. The van der Waals surface area contributed by atoms with E-state index in [1.165, 1.54) is 17.3 Å². The van der Waals surface area contributed by atoms with Gasteiger partial charge in [0.2, 0.25) is 5.91 Å². The Hall–Kier alpha value is -2.86. The van der Waals surface area contributed by atoms with Gasteiger partial charge in [-0.1, -0.05) is 68.1 Å². The van der Waals surface area contributed by atoms with Crippen molar-refractivity contribution in [3.8, 4) is 11.4 Å². The van der Waals surface area contributed by atoms with Gasteiger partial charge in [0.25, 0.3) is 0 Å². The van der Waals surface area contributed by atoms with Gasteiger partial charge in [-0.2, -0.15) is 0 Å². The first-order valence-electron chi connectivity index (χ1n) is 10.0. The molecule has 0 radical (unpaired) electrons. The highest BCUT2D eigenvalue weighted by Crippen LogP contribution is 2.26. The predicted molar refractivity (Wildman–Crippen MR) is 125 cm³/mol. The molecule has 2 aromatic carbocycles. The van der Waals surface area contributed by atoms with Gasteiger partial charge in [-0.05, 0) is 42.5 Å². The molecule has 156 valence electrons. The second kappa shape index (κ2) is 9.76. The Balaban J connectivity index is 1.74. The third-order valence-electron chi connectivity index (χ3n) is 4.86. The summed E-state index contributed by atoms with van der Waals surface area (Å²) in [5, 5.41) is 12.4. The Morgan fingerprint density at radius 1 is 1.17 bits per heavy atom. The molecule has 1 N–H and O–H groups in total. The van der Waals surface area contributed by atoms with E-state index in [4.69, 9.17) is 0 Å². The zero-order valence-electron chi connectivity index (χ0n) is 18.0. The monoisotopic (exact) mass is 420 g/mol. The first-order valence-corrected chi connectivity index (χ1v) is 11.0. The van der Waals surface area contributed by atoms with Crippen molar-refractivity contribution in [2.24, 2.45) is 0 Å². The molecule has 3 aromatic rings. The fraction of sp³-hybridized carbons (Fsp3) is 0.292. The highest BCUT2D eigenvalue weighted by atomic mass is 32.2. The molecular weight excluding hydrogens is 392 g/mol. The van der Waals surface area contributed by atoms with Gasteiger partial charge in [0.15, 0.2) is 11.0 Å². The van der Waals surface area contributed by atoms with Crippen LogP contribution in [0.1, 0.15) is 36.5 Å². The Morgan fingerprint density at radius 2 is 1.90 bits per heavy atom. The number of rotatable bonds is 8. The van der Waals surface area contributed by atoms with Gasteiger partial charge in [-0.15, -0.1) is 16.8 Å². The molecule has 0 aliphatic heterocycles. The van der Waals surface area contributed by atoms with Crippen molar-refractivity contribution < 1.29 is 4.79 Å². The van der Waals surface area contributed by atoms with Crippen molar-refractivity contribution in [2.75, 3.05) is 11.1 Å². The molecule has 0 aliphatic carbocycles. The first kappa shape index (κ1) is 21.8. The fourth-order valence-electron chi connectivity index (χ4n) is 3.11. The zero-order chi connectivity index (χ0) is 21.7. The maximum Gasteiger partial charge on any atom is 0.234 e. The summed E-state index contributed by atoms with van der Waals surface area (Å²) in [6.07, 6.45) is 1.82. The summed E-state index contributed by atoms with van der Waals surface area (Å²) in [6.45, 7) is 12.8. The van der Waals surface area contributed by atoms with Crippen LogP contribution in [0.15, 0.2) is 60.3 Å². The second-order valence-corrected chi connectivity index (χ2v) is 8.58. The van der Waals surface area contributed by atoms with Crippen molar-refractivity contribution in [3.63, 3.8) is 0 Å². The summed E-state index contributed by atoms with van der Waals surface area (Å²) in [4.78, 5) is 12.5. The number of thioether (sulfide) groups is 1. The van der Waals surface area contributed by atoms with Crippen molar-refractivity contribution >= 4 is 23.4 Å². The number of carbonyl (C=O) groups excluding carboxylic acids is 1. The minimum atomic E-state index is -0.0651. The van der Waals surface area contributed by atoms with Crippen molar-refractivity contribution in [2.45, 2.75) is 45.3 Å². The van der Waals surface area contributed by atoms with E-state index >= 15 is 0 Å². The largest absolute Gasteiger partial charge is 0.325 e. The summed E-state index contributed by atoms with van der Waals surface area (Å²) in [7, 11) is 0. The van der Waals surface area contributed by atoms with Crippen LogP contribution in [0.3, 0.4) is 0 Å². The lowest BCUT2D eigenvalue weighted by Crippen LogP contribution is -2.15. The molecule has 0 saturated heterocycles. The van der Waals surface area contributed by atoms with Crippen LogP contribution in [0.25, 0.3) is 11.4 Å². The molecule has 30 heavy (non-hydrogen) atoms. The smallest absolute Gasteiger partial charge is 0.234 e. The molecule has 0 aliphatic rings. The highest BCUT2D eigenvalue weighted by Gasteiger charge is 2.15. The van der Waals surface area contributed by atoms with Gasteiger partial charge in [0.05, 0.1) is 5.75 Å². The molecule has 0 unspecified atom stereocenters. The molecule has 1 aromatic heterocycles. The van der Waals surface area contributed by atoms with Crippen LogP contribution in [0.2, 0.25) is 0 Å². The number of nitrogens with one attached hydrogen (secondary N) is 1. The normalized spacial score (nSPS) is 11.0. The Labute approximate surface area is 182 Å². The van der Waals surface area contributed by atoms with Gasteiger partial charge < -0.3 is 5.32 Å². The van der Waals surface area contributed by atoms with Gasteiger partial charge in [-0.3, -0.25) is 9.36 Å². The predicted octanol–water partition coefficient (Wildman–Crippen LogP) is 5.60.